The van der Waals surface area contributed by atoms with Gasteiger partial charge in [-0.3, -0.25) is 0 Å². The van der Waals surface area contributed by atoms with E-state index >= 15 is 0 Å². The molecule has 5 heteroatoms. The fourth-order valence-electron chi connectivity index (χ4n) is 2.10. The Balaban J connectivity index is 3.95. The van der Waals surface area contributed by atoms with Gasteiger partial charge in [-0.1, -0.05) is 6.92 Å². The average Bonchev–Trinajstić information content (AvgIpc) is 1.98. The fraction of sp³-hybridized carbons (Fsp3) is 1.00. The first-order chi connectivity index (χ1) is 7.16. The van der Waals surface area contributed by atoms with Gasteiger partial charge >= 0.3 is 0 Å². The minimum atomic E-state index is -1.52. The predicted molar refractivity (Wildman–Crippen MR) is 73.7 cm³/mol. The summed E-state index contributed by atoms with van der Waals surface area (Å²) in [6, 6.07) is 1.15. The van der Waals surface area contributed by atoms with Gasteiger partial charge in [0.1, 0.15) is 6.79 Å². The van der Waals surface area contributed by atoms with Gasteiger partial charge in [0, 0.05) is 7.11 Å². The molecule has 0 aliphatic rings. The molecule has 0 radical (unpaired) electrons. The molecule has 0 aliphatic heterocycles. The summed E-state index contributed by atoms with van der Waals surface area (Å²) >= 11 is 0. The minimum Gasteiger partial charge on any atom is -0.456 e. The highest BCUT2D eigenvalue weighted by Gasteiger charge is 2.30. The topological polar surface area (TPSA) is 27.7 Å². The molecular weight excluding hydrogens is 236 g/mol. The van der Waals surface area contributed by atoms with Gasteiger partial charge in [-0.05, 0) is 44.7 Å². The molecule has 16 heavy (non-hydrogen) atoms. The molecule has 0 spiro atoms. The summed E-state index contributed by atoms with van der Waals surface area (Å²) < 4.78 is 16.5. The fourth-order valence-corrected chi connectivity index (χ4v) is 10.9. The molecule has 0 rings (SSSR count). The third-order valence-electron chi connectivity index (χ3n) is 2.03. The number of hydrogen-bond donors (Lipinski definition) is 0. The summed E-state index contributed by atoms with van der Waals surface area (Å²) in [4.78, 5) is 0. The van der Waals surface area contributed by atoms with Crippen LogP contribution in [0.5, 0.6) is 0 Å². The Labute approximate surface area is 103 Å². The molecule has 0 saturated carbocycles. The Morgan fingerprint density at radius 3 is 2.06 bits per heavy atom. The van der Waals surface area contributed by atoms with Gasteiger partial charge in [0.2, 0.25) is 0 Å². The highest BCUT2D eigenvalue weighted by molar-refractivity contribution is 6.84. The van der Waals surface area contributed by atoms with Crippen LogP contribution >= 0.6 is 0 Å². The van der Waals surface area contributed by atoms with Gasteiger partial charge < -0.3 is 13.6 Å². The minimum absolute atomic E-state index is 0.390. The quantitative estimate of drug-likeness (QED) is 0.382. The Morgan fingerprint density at radius 1 is 1.06 bits per heavy atom. The van der Waals surface area contributed by atoms with Crippen LogP contribution in [0.2, 0.25) is 38.8 Å². The van der Waals surface area contributed by atoms with Crippen LogP contribution in [-0.2, 0) is 13.6 Å². The van der Waals surface area contributed by atoms with E-state index in [-0.39, 0.29) is 0 Å². The van der Waals surface area contributed by atoms with Crippen molar-refractivity contribution in [2.24, 2.45) is 5.92 Å². The van der Waals surface area contributed by atoms with E-state index in [1.165, 1.54) is 0 Å². The Hall–Kier alpha value is 0.314. The maximum Gasteiger partial charge on any atom is 0.173 e. The van der Waals surface area contributed by atoms with E-state index in [1.807, 2.05) is 0 Å². The standard InChI is InChI=1S/C11H28O3Si2/c1-11(8-13-10-12-2)9-16(6,7)14-15(3,4)5/h11H,8-10H2,1-7H3. The van der Waals surface area contributed by atoms with Crippen molar-refractivity contribution in [3.05, 3.63) is 0 Å². The lowest BCUT2D eigenvalue weighted by Gasteiger charge is -2.33. The second kappa shape index (κ2) is 6.91. The molecule has 0 amide bonds. The van der Waals surface area contributed by atoms with Crippen molar-refractivity contribution in [1.82, 2.24) is 0 Å². The van der Waals surface area contributed by atoms with E-state index < -0.39 is 16.6 Å². The van der Waals surface area contributed by atoms with E-state index in [0.29, 0.717) is 12.7 Å². The number of hydrogen-bond acceptors (Lipinski definition) is 3. The first kappa shape index (κ1) is 16.3. The number of ether oxygens (including phenoxy) is 2. The molecule has 0 aromatic rings. The van der Waals surface area contributed by atoms with Crippen LogP contribution in [0.1, 0.15) is 6.92 Å². The maximum absolute atomic E-state index is 6.29. The lowest BCUT2D eigenvalue weighted by molar-refractivity contribution is -0.0399. The third kappa shape index (κ3) is 9.53. The van der Waals surface area contributed by atoms with Gasteiger partial charge in [-0.15, -0.1) is 0 Å². The molecule has 0 aromatic carbocycles. The summed E-state index contributed by atoms with van der Waals surface area (Å²) in [6.07, 6.45) is 0. The van der Waals surface area contributed by atoms with Crippen molar-refractivity contribution in [1.29, 1.82) is 0 Å². The molecule has 0 N–H and O–H groups in total. The third-order valence-corrected chi connectivity index (χ3v) is 8.37. The normalized spacial score (nSPS) is 15.2. The molecule has 0 heterocycles. The van der Waals surface area contributed by atoms with Crippen LogP contribution in [0.3, 0.4) is 0 Å². The maximum atomic E-state index is 6.29. The van der Waals surface area contributed by atoms with Gasteiger partial charge in [-0.25, -0.2) is 0 Å². The van der Waals surface area contributed by atoms with Crippen molar-refractivity contribution >= 4 is 16.6 Å². The van der Waals surface area contributed by atoms with E-state index in [4.69, 9.17) is 13.6 Å². The monoisotopic (exact) mass is 264 g/mol. The number of rotatable bonds is 8. The van der Waals surface area contributed by atoms with Crippen LogP contribution in [0.25, 0.3) is 0 Å². The molecule has 1 atom stereocenters. The van der Waals surface area contributed by atoms with Gasteiger partial charge in [0.15, 0.2) is 16.6 Å². The van der Waals surface area contributed by atoms with Crippen molar-refractivity contribution in [3.8, 4) is 0 Å². The smallest absolute Gasteiger partial charge is 0.173 e. The summed E-state index contributed by atoms with van der Waals surface area (Å²) in [5.74, 6) is 0.549. The highest BCUT2D eigenvalue weighted by atomic mass is 28.4. The molecule has 0 bridgehead atoms. The SMILES string of the molecule is COCOCC(C)C[Si](C)(C)O[Si](C)(C)C. The summed E-state index contributed by atoms with van der Waals surface area (Å²) in [5.41, 5.74) is 0. The zero-order valence-corrected chi connectivity index (χ0v) is 13.9. The molecule has 3 nitrogen and oxygen atoms in total. The van der Waals surface area contributed by atoms with Crippen LogP contribution in [-0.4, -0.2) is 37.1 Å². The molecule has 0 fully saturated rings. The zero-order chi connectivity index (χ0) is 12.8. The van der Waals surface area contributed by atoms with Crippen LogP contribution in [0, 0.1) is 5.92 Å². The predicted octanol–water partition coefficient (Wildman–Crippen LogP) is 3.30. The van der Waals surface area contributed by atoms with E-state index in [1.54, 1.807) is 7.11 Å². The molecule has 1 unspecified atom stereocenters. The first-order valence-electron chi connectivity index (χ1n) is 5.93. The van der Waals surface area contributed by atoms with E-state index in [0.717, 1.165) is 12.7 Å². The molecule has 0 saturated heterocycles. The molecule has 0 aromatic heterocycles. The second-order valence-electron chi connectivity index (χ2n) is 6.06. The van der Waals surface area contributed by atoms with Crippen molar-refractivity contribution in [2.75, 3.05) is 20.5 Å². The first-order valence-corrected chi connectivity index (χ1v) is 12.5. The highest BCUT2D eigenvalue weighted by Crippen LogP contribution is 2.22. The lowest BCUT2D eigenvalue weighted by Crippen LogP contribution is -2.43. The summed E-state index contributed by atoms with van der Waals surface area (Å²) in [6.45, 7) is 14.8. The van der Waals surface area contributed by atoms with Crippen molar-refractivity contribution < 1.29 is 13.6 Å². The Morgan fingerprint density at radius 2 is 1.62 bits per heavy atom. The average molecular weight is 265 g/mol. The van der Waals surface area contributed by atoms with Crippen LogP contribution in [0.15, 0.2) is 0 Å². The largest absolute Gasteiger partial charge is 0.456 e. The van der Waals surface area contributed by atoms with E-state index in [2.05, 4.69) is 39.7 Å². The zero-order valence-electron chi connectivity index (χ0n) is 11.9. The molecule has 0 aliphatic carbocycles. The summed E-state index contributed by atoms with van der Waals surface area (Å²) in [5, 5.41) is 0. The van der Waals surface area contributed by atoms with Gasteiger partial charge in [0.05, 0.1) is 6.61 Å². The summed E-state index contributed by atoms with van der Waals surface area (Å²) in [7, 11) is -1.27. The van der Waals surface area contributed by atoms with E-state index in [9.17, 15) is 0 Å². The van der Waals surface area contributed by atoms with Crippen LogP contribution < -0.4 is 0 Å². The van der Waals surface area contributed by atoms with Gasteiger partial charge in [0.25, 0.3) is 0 Å². The Bertz CT molecular complexity index is 190. The molecule has 98 valence electrons. The second-order valence-corrected chi connectivity index (χ2v) is 15.0. The lowest BCUT2D eigenvalue weighted by atomic mass is 10.2. The van der Waals surface area contributed by atoms with Crippen LogP contribution in [0.4, 0.5) is 0 Å². The number of methoxy groups -OCH3 is 1. The Kier molecular flexibility index (Phi) is 7.04. The molecular formula is C11H28O3Si2. The van der Waals surface area contributed by atoms with Crippen molar-refractivity contribution in [3.63, 3.8) is 0 Å². The van der Waals surface area contributed by atoms with Gasteiger partial charge in [-0.2, -0.15) is 0 Å². The van der Waals surface area contributed by atoms with Crippen molar-refractivity contribution in [2.45, 2.75) is 45.7 Å².